The molecule has 3 amide bonds. The smallest absolute Gasteiger partial charge is 0.369 e. The number of primary amides is 1. The standard InChI is InChI=1S/C29H35F3N4O3/c1-5-6-9-20(25(33)37)22(16-17(2)3)27(38)35-26-28(39)36(4)23-11-8-7-10-21(23)24(34-26)18-12-14-19(15-13-18)29(30,31)32/h7-8,10-15,17,20,22,26H,5-6,9,16H2,1-4H3,(H2,33,37)(H,35,38)/t20?,22?,26-/m1/s1. The minimum Gasteiger partial charge on any atom is -0.369 e. The van der Waals surface area contributed by atoms with Crippen LogP contribution < -0.4 is 16.0 Å². The van der Waals surface area contributed by atoms with Crippen molar-refractivity contribution >= 4 is 29.1 Å². The molecule has 0 radical (unpaired) electrons. The molecule has 0 saturated heterocycles. The number of fused-ring (bicyclic) bond motifs is 1. The van der Waals surface area contributed by atoms with Gasteiger partial charge < -0.3 is 16.0 Å². The number of nitrogens with zero attached hydrogens (tertiary/aromatic N) is 2. The lowest BCUT2D eigenvalue weighted by atomic mass is 9.81. The zero-order chi connectivity index (χ0) is 28.9. The van der Waals surface area contributed by atoms with Crippen LogP contribution in [0, 0.1) is 17.8 Å². The fourth-order valence-corrected chi connectivity index (χ4v) is 4.83. The van der Waals surface area contributed by atoms with Crippen LogP contribution >= 0.6 is 0 Å². The van der Waals surface area contributed by atoms with Gasteiger partial charge in [-0.3, -0.25) is 14.4 Å². The fraction of sp³-hybridized carbons (Fsp3) is 0.448. The van der Waals surface area contributed by atoms with Crippen molar-refractivity contribution in [2.45, 2.75) is 58.8 Å². The minimum absolute atomic E-state index is 0.0761. The number of carbonyl (C=O) groups excluding carboxylic acids is 3. The van der Waals surface area contributed by atoms with E-state index in [0.29, 0.717) is 36.1 Å². The molecule has 3 rings (SSSR count). The van der Waals surface area contributed by atoms with Gasteiger partial charge in [-0.1, -0.05) is 63.9 Å². The number of hydrogen-bond donors (Lipinski definition) is 2. The molecule has 1 aliphatic heterocycles. The van der Waals surface area contributed by atoms with E-state index in [1.807, 2.05) is 20.8 Å². The number of hydrogen-bond acceptors (Lipinski definition) is 4. The number of halogens is 3. The number of nitrogens with one attached hydrogen (secondary N) is 1. The van der Waals surface area contributed by atoms with Crippen molar-refractivity contribution in [3.63, 3.8) is 0 Å². The van der Waals surface area contributed by atoms with E-state index in [-0.39, 0.29) is 11.6 Å². The molecule has 1 heterocycles. The fourth-order valence-electron chi connectivity index (χ4n) is 4.83. The molecule has 0 fully saturated rings. The van der Waals surface area contributed by atoms with E-state index in [1.54, 1.807) is 31.3 Å². The van der Waals surface area contributed by atoms with Gasteiger partial charge in [0, 0.05) is 30.0 Å². The highest BCUT2D eigenvalue weighted by molar-refractivity contribution is 6.20. The first kappa shape index (κ1) is 29.9. The Labute approximate surface area is 226 Å². The van der Waals surface area contributed by atoms with Crippen LogP contribution in [-0.2, 0) is 20.6 Å². The highest BCUT2D eigenvalue weighted by Gasteiger charge is 2.37. The largest absolute Gasteiger partial charge is 0.416 e. The number of alkyl halides is 3. The van der Waals surface area contributed by atoms with Crippen molar-refractivity contribution in [3.8, 4) is 0 Å². The maximum absolute atomic E-state index is 13.6. The van der Waals surface area contributed by atoms with Gasteiger partial charge in [-0.15, -0.1) is 0 Å². The number of unbranched alkanes of at least 4 members (excludes halogenated alkanes) is 1. The van der Waals surface area contributed by atoms with Gasteiger partial charge in [0.2, 0.25) is 18.0 Å². The van der Waals surface area contributed by atoms with Crippen molar-refractivity contribution in [3.05, 3.63) is 65.2 Å². The number of rotatable bonds is 10. The van der Waals surface area contributed by atoms with Gasteiger partial charge in [-0.25, -0.2) is 4.99 Å². The molecule has 0 bridgehead atoms. The number of amides is 3. The van der Waals surface area contributed by atoms with Crippen LogP contribution in [0.1, 0.15) is 63.1 Å². The van der Waals surface area contributed by atoms with Crippen molar-refractivity contribution < 1.29 is 27.6 Å². The van der Waals surface area contributed by atoms with Crippen molar-refractivity contribution in [2.24, 2.45) is 28.5 Å². The number of nitrogens with two attached hydrogens (primary N) is 1. The Morgan fingerprint density at radius 2 is 1.72 bits per heavy atom. The van der Waals surface area contributed by atoms with Crippen LogP contribution in [0.2, 0.25) is 0 Å². The second kappa shape index (κ2) is 12.4. The topological polar surface area (TPSA) is 105 Å². The van der Waals surface area contributed by atoms with E-state index < -0.39 is 47.5 Å². The summed E-state index contributed by atoms with van der Waals surface area (Å²) in [5.74, 6) is -3.01. The molecule has 39 heavy (non-hydrogen) atoms. The molecule has 7 nitrogen and oxygen atoms in total. The highest BCUT2D eigenvalue weighted by atomic mass is 19.4. The van der Waals surface area contributed by atoms with Gasteiger partial charge in [-0.2, -0.15) is 13.2 Å². The number of benzene rings is 2. The molecule has 3 atom stereocenters. The molecule has 2 aromatic carbocycles. The Balaban J connectivity index is 2.05. The number of carbonyl (C=O) groups is 3. The zero-order valence-corrected chi connectivity index (χ0v) is 22.6. The average molecular weight is 545 g/mol. The highest BCUT2D eigenvalue weighted by Crippen LogP contribution is 2.32. The molecular formula is C29H35F3N4O3. The summed E-state index contributed by atoms with van der Waals surface area (Å²) < 4.78 is 39.5. The molecule has 3 N–H and O–H groups in total. The third-order valence-electron chi connectivity index (χ3n) is 6.89. The molecule has 210 valence electrons. The van der Waals surface area contributed by atoms with Gasteiger partial charge >= 0.3 is 6.18 Å². The second-order valence-corrected chi connectivity index (χ2v) is 10.3. The van der Waals surface area contributed by atoms with Gasteiger partial charge in [0.25, 0.3) is 5.91 Å². The summed E-state index contributed by atoms with van der Waals surface area (Å²) in [6.07, 6.45) is -3.50. The lowest BCUT2D eigenvalue weighted by Gasteiger charge is -2.27. The van der Waals surface area contributed by atoms with Gasteiger partial charge in [0.1, 0.15) is 0 Å². The zero-order valence-electron chi connectivity index (χ0n) is 22.6. The monoisotopic (exact) mass is 544 g/mol. The Hall–Kier alpha value is -3.69. The van der Waals surface area contributed by atoms with Crippen LogP contribution in [0.25, 0.3) is 0 Å². The van der Waals surface area contributed by atoms with Crippen molar-refractivity contribution in [1.29, 1.82) is 0 Å². The van der Waals surface area contributed by atoms with E-state index in [2.05, 4.69) is 10.3 Å². The summed E-state index contributed by atoms with van der Waals surface area (Å²) in [6.45, 7) is 5.84. The first-order valence-electron chi connectivity index (χ1n) is 13.1. The van der Waals surface area contributed by atoms with E-state index in [0.717, 1.165) is 18.6 Å². The maximum Gasteiger partial charge on any atom is 0.416 e. The third-order valence-corrected chi connectivity index (χ3v) is 6.89. The number of para-hydroxylation sites is 1. The van der Waals surface area contributed by atoms with Crippen LogP contribution in [0.5, 0.6) is 0 Å². The summed E-state index contributed by atoms with van der Waals surface area (Å²) in [7, 11) is 1.55. The lowest BCUT2D eigenvalue weighted by molar-refractivity contribution is -0.137. The minimum atomic E-state index is -4.51. The Kier molecular flexibility index (Phi) is 9.53. The van der Waals surface area contributed by atoms with E-state index in [4.69, 9.17) is 5.73 Å². The lowest BCUT2D eigenvalue weighted by Crippen LogP contribution is -2.50. The molecule has 2 unspecified atom stereocenters. The molecule has 10 heteroatoms. The van der Waals surface area contributed by atoms with Crippen LogP contribution in [0.15, 0.2) is 53.5 Å². The Morgan fingerprint density at radius 3 is 2.28 bits per heavy atom. The number of likely N-dealkylation sites (N-methyl/N-ethyl adjacent to an activating group) is 1. The van der Waals surface area contributed by atoms with E-state index in [1.165, 1.54) is 17.0 Å². The number of benzodiazepines with no additional fused rings is 1. The maximum atomic E-state index is 13.6. The van der Waals surface area contributed by atoms with Gasteiger partial charge in [0.15, 0.2) is 0 Å². The summed E-state index contributed by atoms with van der Waals surface area (Å²) in [4.78, 5) is 45.4. The van der Waals surface area contributed by atoms with Crippen LogP contribution in [-0.4, -0.2) is 36.6 Å². The first-order valence-corrected chi connectivity index (χ1v) is 13.1. The molecular weight excluding hydrogens is 509 g/mol. The molecule has 2 aromatic rings. The molecule has 0 aliphatic carbocycles. The van der Waals surface area contributed by atoms with Crippen LogP contribution in [0.4, 0.5) is 18.9 Å². The predicted molar refractivity (Wildman–Crippen MR) is 144 cm³/mol. The summed E-state index contributed by atoms with van der Waals surface area (Å²) in [5.41, 5.74) is 6.53. The summed E-state index contributed by atoms with van der Waals surface area (Å²) >= 11 is 0. The number of aliphatic imine (C=N–C) groups is 1. The molecule has 0 saturated carbocycles. The van der Waals surface area contributed by atoms with E-state index >= 15 is 0 Å². The first-order chi connectivity index (χ1) is 18.3. The Bertz CT molecular complexity index is 1230. The molecule has 1 aliphatic rings. The Morgan fingerprint density at radius 1 is 1.08 bits per heavy atom. The quantitative estimate of drug-likeness (QED) is 0.444. The molecule has 0 spiro atoms. The molecule has 0 aromatic heterocycles. The normalized spacial score (nSPS) is 17.2. The SMILES string of the molecule is CCCCC(C(N)=O)C(CC(C)C)C(=O)N[C@H]1N=C(c2ccc(C(F)(F)F)cc2)c2ccccc2N(C)C1=O. The summed E-state index contributed by atoms with van der Waals surface area (Å²) in [5, 5.41) is 2.72. The van der Waals surface area contributed by atoms with Crippen LogP contribution in [0.3, 0.4) is 0 Å². The summed E-state index contributed by atoms with van der Waals surface area (Å²) in [6, 6.07) is 11.4. The van der Waals surface area contributed by atoms with Crippen molar-refractivity contribution in [1.82, 2.24) is 5.32 Å². The predicted octanol–water partition coefficient (Wildman–Crippen LogP) is 4.92. The van der Waals surface area contributed by atoms with Crippen molar-refractivity contribution in [2.75, 3.05) is 11.9 Å². The van der Waals surface area contributed by atoms with Gasteiger partial charge in [-0.05, 0) is 37.0 Å². The number of anilines is 1. The van der Waals surface area contributed by atoms with Gasteiger partial charge in [0.05, 0.1) is 17.0 Å². The third kappa shape index (κ3) is 7.04. The average Bonchev–Trinajstić information content (AvgIpc) is 2.98. The second-order valence-electron chi connectivity index (χ2n) is 10.3. The van der Waals surface area contributed by atoms with E-state index in [9.17, 15) is 27.6 Å².